The fourth-order valence-electron chi connectivity index (χ4n) is 2.67. The third-order valence-corrected chi connectivity index (χ3v) is 4.22. The number of amides is 3. The number of nitrogens with zero attached hydrogens (tertiary/aromatic N) is 1. The highest BCUT2D eigenvalue weighted by atomic mass is 79.9. The normalized spacial score (nSPS) is 26.6. The molecule has 0 unspecified atom stereocenters. The summed E-state index contributed by atoms with van der Waals surface area (Å²) in [6.45, 7) is 0. The van der Waals surface area contributed by atoms with Crippen molar-refractivity contribution in [2.45, 2.75) is 18.4 Å². The Bertz CT molecular complexity index is 543. The minimum absolute atomic E-state index is 0.183. The summed E-state index contributed by atoms with van der Waals surface area (Å²) >= 11 is 3.42. The molecule has 1 spiro atoms. The number of imide groups is 1. The van der Waals surface area contributed by atoms with Crippen LogP contribution in [0.15, 0.2) is 22.7 Å². The molecule has 1 atom stereocenters. The van der Waals surface area contributed by atoms with Gasteiger partial charge in [0.1, 0.15) is 5.54 Å². The Hall–Kier alpha value is -1.36. The van der Waals surface area contributed by atoms with E-state index < -0.39 is 5.54 Å². The Morgan fingerprint density at radius 3 is 2.65 bits per heavy atom. The summed E-state index contributed by atoms with van der Waals surface area (Å²) in [5, 5.41) is 2.39. The molecule has 1 heterocycles. The Morgan fingerprint density at radius 1 is 1.29 bits per heavy atom. The van der Waals surface area contributed by atoms with Gasteiger partial charge in [-0.05, 0) is 23.3 Å². The Labute approximate surface area is 107 Å². The second kappa shape index (κ2) is 3.32. The molecule has 4 nitrogen and oxygen atoms in total. The second-order valence-electron chi connectivity index (χ2n) is 4.62. The number of halogens is 1. The average molecular weight is 295 g/mol. The zero-order chi connectivity index (χ0) is 12.2. The first-order chi connectivity index (χ1) is 8.03. The van der Waals surface area contributed by atoms with Gasteiger partial charge in [0.05, 0.1) is 0 Å². The molecule has 17 heavy (non-hydrogen) atoms. The predicted molar refractivity (Wildman–Crippen MR) is 65.6 cm³/mol. The molecule has 1 aromatic rings. The van der Waals surface area contributed by atoms with Crippen LogP contribution in [0.4, 0.5) is 4.79 Å². The number of hydrogen-bond acceptors (Lipinski definition) is 2. The number of hydrogen-bond donors (Lipinski definition) is 1. The summed E-state index contributed by atoms with van der Waals surface area (Å²) in [6.07, 6.45) is 1.19. The molecule has 1 saturated heterocycles. The highest BCUT2D eigenvalue weighted by Gasteiger charge is 2.54. The van der Waals surface area contributed by atoms with Crippen molar-refractivity contribution in [3.8, 4) is 0 Å². The van der Waals surface area contributed by atoms with Crippen molar-refractivity contribution in [2.24, 2.45) is 0 Å². The molecule has 5 heteroatoms. The van der Waals surface area contributed by atoms with Crippen molar-refractivity contribution in [3.63, 3.8) is 0 Å². The van der Waals surface area contributed by atoms with Gasteiger partial charge < -0.3 is 4.90 Å². The van der Waals surface area contributed by atoms with E-state index in [2.05, 4.69) is 21.2 Å². The number of likely N-dealkylation sites (N-methyl/N-ethyl adjacent to an activating group) is 1. The Kier molecular flexibility index (Phi) is 2.10. The molecule has 1 aromatic carbocycles. The fourth-order valence-corrected chi connectivity index (χ4v) is 3.07. The lowest BCUT2D eigenvalue weighted by atomic mass is 9.95. The maximum atomic E-state index is 12.0. The zero-order valence-corrected chi connectivity index (χ0v) is 10.9. The van der Waals surface area contributed by atoms with Crippen molar-refractivity contribution in [2.75, 3.05) is 7.05 Å². The Balaban J connectivity index is 2.05. The van der Waals surface area contributed by atoms with Gasteiger partial charge >= 0.3 is 6.03 Å². The van der Waals surface area contributed by atoms with Crippen molar-refractivity contribution >= 4 is 27.9 Å². The van der Waals surface area contributed by atoms with Gasteiger partial charge in [-0.3, -0.25) is 10.1 Å². The lowest BCUT2D eigenvalue weighted by Crippen LogP contribution is -2.48. The van der Waals surface area contributed by atoms with Crippen LogP contribution in [0, 0.1) is 0 Å². The maximum Gasteiger partial charge on any atom is 0.324 e. The standard InChI is InChI=1S/C12H11BrN2O2/c1-15-11(17)14-10(16)12(15)5-7-2-3-9(13)4-8(7)6-12/h2-4H,5-6H2,1H3,(H,14,16,17)/t12-/m0/s1. The molecule has 3 amide bonds. The van der Waals surface area contributed by atoms with Crippen LogP contribution < -0.4 is 5.32 Å². The zero-order valence-electron chi connectivity index (χ0n) is 9.29. The summed E-state index contributed by atoms with van der Waals surface area (Å²) in [6, 6.07) is 5.69. The molecule has 88 valence electrons. The van der Waals surface area contributed by atoms with E-state index in [1.54, 1.807) is 7.05 Å². The van der Waals surface area contributed by atoms with Crippen LogP contribution in [0.2, 0.25) is 0 Å². The summed E-state index contributed by atoms with van der Waals surface area (Å²) in [7, 11) is 1.68. The van der Waals surface area contributed by atoms with Crippen molar-refractivity contribution < 1.29 is 9.59 Å². The van der Waals surface area contributed by atoms with E-state index >= 15 is 0 Å². The molecule has 0 aromatic heterocycles. The number of benzene rings is 1. The third kappa shape index (κ3) is 1.35. The van der Waals surface area contributed by atoms with Gasteiger partial charge in [-0.1, -0.05) is 22.0 Å². The lowest BCUT2D eigenvalue weighted by Gasteiger charge is -2.27. The highest BCUT2D eigenvalue weighted by Crippen LogP contribution is 2.37. The van der Waals surface area contributed by atoms with E-state index in [1.165, 1.54) is 4.90 Å². The monoisotopic (exact) mass is 294 g/mol. The number of rotatable bonds is 0. The fraction of sp³-hybridized carbons (Fsp3) is 0.333. The van der Waals surface area contributed by atoms with E-state index in [1.807, 2.05) is 18.2 Å². The minimum Gasteiger partial charge on any atom is -0.312 e. The topological polar surface area (TPSA) is 49.4 Å². The molecule has 1 fully saturated rings. The van der Waals surface area contributed by atoms with E-state index in [0.29, 0.717) is 12.8 Å². The van der Waals surface area contributed by atoms with Gasteiger partial charge in [-0.25, -0.2) is 4.79 Å². The summed E-state index contributed by atoms with van der Waals surface area (Å²) < 4.78 is 1.00. The van der Waals surface area contributed by atoms with Crippen LogP contribution in [0.5, 0.6) is 0 Å². The van der Waals surface area contributed by atoms with Crippen LogP contribution >= 0.6 is 15.9 Å². The van der Waals surface area contributed by atoms with E-state index in [4.69, 9.17) is 0 Å². The van der Waals surface area contributed by atoms with Gasteiger partial charge in [-0.15, -0.1) is 0 Å². The van der Waals surface area contributed by atoms with Crippen molar-refractivity contribution in [1.29, 1.82) is 0 Å². The van der Waals surface area contributed by atoms with Gasteiger partial charge in [0.15, 0.2) is 0 Å². The van der Waals surface area contributed by atoms with Crippen LogP contribution in [-0.4, -0.2) is 29.4 Å². The first-order valence-corrected chi connectivity index (χ1v) is 6.19. The van der Waals surface area contributed by atoms with Crippen molar-refractivity contribution in [3.05, 3.63) is 33.8 Å². The smallest absolute Gasteiger partial charge is 0.312 e. The number of nitrogens with one attached hydrogen (secondary N) is 1. The largest absolute Gasteiger partial charge is 0.324 e. The quantitative estimate of drug-likeness (QED) is 0.737. The molecule has 1 N–H and O–H groups in total. The lowest BCUT2D eigenvalue weighted by molar-refractivity contribution is -0.125. The highest BCUT2D eigenvalue weighted by molar-refractivity contribution is 9.10. The molecule has 3 rings (SSSR count). The summed E-state index contributed by atoms with van der Waals surface area (Å²) in [5.41, 5.74) is 1.57. The third-order valence-electron chi connectivity index (χ3n) is 3.72. The summed E-state index contributed by atoms with van der Waals surface area (Å²) in [5.74, 6) is -0.183. The predicted octanol–water partition coefficient (Wildman–Crippen LogP) is 1.47. The SMILES string of the molecule is CN1C(=O)NC(=O)[C@@]12Cc1ccc(Br)cc1C2. The van der Waals surface area contributed by atoms with E-state index in [-0.39, 0.29) is 11.9 Å². The molecule has 1 aliphatic carbocycles. The molecule has 0 saturated carbocycles. The first-order valence-electron chi connectivity index (χ1n) is 5.39. The molecule has 1 aliphatic heterocycles. The molecule has 2 aliphatic rings. The second-order valence-corrected chi connectivity index (χ2v) is 5.53. The van der Waals surface area contributed by atoms with Crippen LogP contribution in [0.25, 0.3) is 0 Å². The van der Waals surface area contributed by atoms with Crippen LogP contribution in [0.1, 0.15) is 11.1 Å². The van der Waals surface area contributed by atoms with E-state index in [0.717, 1.165) is 15.6 Å². The average Bonchev–Trinajstić information content (AvgIpc) is 2.74. The van der Waals surface area contributed by atoms with Crippen LogP contribution in [0.3, 0.4) is 0 Å². The van der Waals surface area contributed by atoms with Crippen LogP contribution in [-0.2, 0) is 17.6 Å². The molecule has 0 radical (unpaired) electrons. The maximum absolute atomic E-state index is 12.0. The number of fused-ring (bicyclic) bond motifs is 1. The summed E-state index contributed by atoms with van der Waals surface area (Å²) in [4.78, 5) is 25.1. The minimum atomic E-state index is -0.708. The van der Waals surface area contributed by atoms with Gasteiger partial charge in [0.2, 0.25) is 0 Å². The number of urea groups is 1. The van der Waals surface area contributed by atoms with Gasteiger partial charge in [-0.2, -0.15) is 0 Å². The van der Waals surface area contributed by atoms with Gasteiger partial charge in [0.25, 0.3) is 5.91 Å². The molecular formula is C12H11BrN2O2. The number of carbonyl (C=O) groups is 2. The first kappa shape index (κ1) is 10.8. The van der Waals surface area contributed by atoms with E-state index in [9.17, 15) is 9.59 Å². The Morgan fingerprint density at radius 2 is 2.00 bits per heavy atom. The molecule has 0 bridgehead atoms. The van der Waals surface area contributed by atoms with Crippen molar-refractivity contribution in [1.82, 2.24) is 10.2 Å². The molecular weight excluding hydrogens is 284 g/mol. The van der Waals surface area contributed by atoms with Gasteiger partial charge in [0, 0.05) is 24.4 Å². The number of carbonyl (C=O) groups excluding carboxylic acids is 2.